The number of aromatic nitrogens is 3. The molecular weight excluding hydrogens is 388 g/mol. The van der Waals surface area contributed by atoms with Crippen molar-refractivity contribution >= 4 is 29.1 Å². The summed E-state index contributed by atoms with van der Waals surface area (Å²) in [5.41, 5.74) is 4.29. The zero-order valence-electron chi connectivity index (χ0n) is 17.5. The summed E-state index contributed by atoms with van der Waals surface area (Å²) in [6, 6.07) is 8.90. The largest absolute Gasteiger partial charge is 0.355 e. The zero-order chi connectivity index (χ0) is 20.8. The average molecular weight is 417 g/mol. The van der Waals surface area contributed by atoms with E-state index in [1.54, 1.807) is 0 Å². The molecule has 160 valence electrons. The molecule has 0 saturated carbocycles. The standard InChI is InChI=1S/C24H28N6O/c31-24(20-4-2-10-26-20)27-16-6-8-17-15(11-16)13-21(28-17)14-5-7-18-22(12-14)30-23(29-18)19-3-1-9-25-19/h5,7-8,11-13,16,19-20,25-26,28H,1-4,6,9-10H2,(H,27,31)(H,29,30). The van der Waals surface area contributed by atoms with Gasteiger partial charge in [0.2, 0.25) is 5.91 Å². The number of fused-ring (bicyclic) bond motifs is 2. The van der Waals surface area contributed by atoms with Gasteiger partial charge in [-0.2, -0.15) is 0 Å². The molecular formula is C24H28N6O. The molecule has 2 saturated heterocycles. The van der Waals surface area contributed by atoms with Crippen molar-refractivity contribution in [1.29, 1.82) is 0 Å². The molecule has 6 rings (SSSR count). The quantitative estimate of drug-likeness (QED) is 0.441. The minimum absolute atomic E-state index is 0.0398. The van der Waals surface area contributed by atoms with Crippen LogP contribution in [0.5, 0.6) is 0 Å². The molecule has 3 aliphatic rings. The molecule has 0 radical (unpaired) electrons. The third kappa shape index (κ3) is 3.58. The maximum absolute atomic E-state index is 12.4. The second-order valence-corrected chi connectivity index (χ2v) is 8.93. The number of hydrogen-bond donors (Lipinski definition) is 5. The van der Waals surface area contributed by atoms with Crippen molar-refractivity contribution in [2.75, 3.05) is 13.1 Å². The van der Waals surface area contributed by atoms with Crippen molar-refractivity contribution < 1.29 is 4.79 Å². The number of nitrogens with zero attached hydrogens (tertiary/aromatic N) is 1. The van der Waals surface area contributed by atoms with Gasteiger partial charge in [-0.15, -0.1) is 0 Å². The maximum Gasteiger partial charge on any atom is 0.237 e. The predicted molar refractivity (Wildman–Crippen MR) is 122 cm³/mol. The van der Waals surface area contributed by atoms with E-state index in [2.05, 4.69) is 62.3 Å². The van der Waals surface area contributed by atoms with Crippen LogP contribution in [0.1, 0.15) is 44.0 Å². The maximum atomic E-state index is 12.4. The first kappa shape index (κ1) is 18.8. The minimum Gasteiger partial charge on any atom is -0.355 e. The van der Waals surface area contributed by atoms with Gasteiger partial charge < -0.3 is 25.9 Å². The van der Waals surface area contributed by atoms with Crippen LogP contribution in [0.4, 0.5) is 0 Å². The van der Waals surface area contributed by atoms with Crippen LogP contribution in [0, 0.1) is 0 Å². The molecule has 1 amide bonds. The third-order valence-electron chi connectivity index (χ3n) is 6.74. The van der Waals surface area contributed by atoms with Crippen LogP contribution in [-0.2, 0) is 4.79 Å². The van der Waals surface area contributed by atoms with E-state index in [9.17, 15) is 4.79 Å². The first-order chi connectivity index (χ1) is 15.2. The van der Waals surface area contributed by atoms with E-state index in [0.29, 0.717) is 6.04 Å². The van der Waals surface area contributed by atoms with Crippen LogP contribution in [0.2, 0.25) is 0 Å². The Hall–Kier alpha value is -2.90. The Kier molecular flexibility index (Phi) is 4.65. The highest BCUT2D eigenvalue weighted by Gasteiger charge is 2.24. The highest BCUT2D eigenvalue weighted by atomic mass is 16.2. The molecule has 4 heterocycles. The van der Waals surface area contributed by atoms with Gasteiger partial charge in [0, 0.05) is 16.6 Å². The molecule has 3 atom stereocenters. The second kappa shape index (κ2) is 7.66. The Labute approximate surface area is 180 Å². The number of aromatic amines is 2. The Morgan fingerprint density at radius 1 is 1.06 bits per heavy atom. The summed E-state index contributed by atoms with van der Waals surface area (Å²) < 4.78 is 0. The van der Waals surface area contributed by atoms with E-state index in [1.807, 2.05) is 0 Å². The molecule has 31 heavy (non-hydrogen) atoms. The molecule has 0 bridgehead atoms. The number of hydrogen-bond acceptors (Lipinski definition) is 4. The average Bonchev–Trinajstić information content (AvgIpc) is 3.58. The summed E-state index contributed by atoms with van der Waals surface area (Å²) >= 11 is 0. The molecule has 2 aliphatic heterocycles. The fourth-order valence-corrected chi connectivity index (χ4v) is 5.05. The fraction of sp³-hybridized carbons (Fsp3) is 0.417. The molecule has 1 aliphatic carbocycles. The highest BCUT2D eigenvalue weighted by Crippen LogP contribution is 2.26. The first-order valence-electron chi connectivity index (χ1n) is 11.4. The van der Waals surface area contributed by atoms with Crippen molar-refractivity contribution in [3.05, 3.63) is 40.7 Å². The number of amides is 1. The van der Waals surface area contributed by atoms with E-state index in [1.165, 1.54) is 6.42 Å². The topological polar surface area (TPSA) is 97.6 Å². The van der Waals surface area contributed by atoms with Crippen LogP contribution in [-0.4, -0.2) is 46.0 Å². The number of carbonyl (C=O) groups is 1. The van der Waals surface area contributed by atoms with Crippen LogP contribution in [0.25, 0.3) is 34.4 Å². The number of carbonyl (C=O) groups excluding carboxylic acids is 1. The smallest absolute Gasteiger partial charge is 0.237 e. The van der Waals surface area contributed by atoms with E-state index >= 15 is 0 Å². The number of nitrogens with one attached hydrogen (secondary N) is 5. The molecule has 2 fully saturated rings. The lowest BCUT2D eigenvalue weighted by molar-refractivity contribution is -0.123. The monoisotopic (exact) mass is 416 g/mol. The normalized spacial score (nSPS) is 25.2. The third-order valence-corrected chi connectivity index (χ3v) is 6.74. The molecule has 7 heteroatoms. The molecule has 3 unspecified atom stereocenters. The molecule has 2 aromatic heterocycles. The van der Waals surface area contributed by atoms with Crippen LogP contribution >= 0.6 is 0 Å². The van der Waals surface area contributed by atoms with Crippen LogP contribution in [0.3, 0.4) is 0 Å². The predicted octanol–water partition coefficient (Wildman–Crippen LogP) is 1.18. The summed E-state index contributed by atoms with van der Waals surface area (Å²) in [6.07, 6.45) is 9.50. The van der Waals surface area contributed by atoms with Crippen LogP contribution in [0.15, 0.2) is 24.3 Å². The lowest BCUT2D eigenvalue weighted by atomic mass is 10.1. The second-order valence-electron chi connectivity index (χ2n) is 8.93. The summed E-state index contributed by atoms with van der Waals surface area (Å²) in [5, 5.41) is 12.2. The van der Waals surface area contributed by atoms with Gasteiger partial charge in [-0.25, -0.2) is 4.98 Å². The van der Waals surface area contributed by atoms with Gasteiger partial charge in [-0.3, -0.25) is 4.79 Å². The van der Waals surface area contributed by atoms with Crippen molar-refractivity contribution in [1.82, 2.24) is 30.9 Å². The van der Waals surface area contributed by atoms with Gasteiger partial charge in [0.15, 0.2) is 0 Å². The Bertz CT molecular complexity index is 1240. The molecule has 1 aromatic carbocycles. The summed E-state index contributed by atoms with van der Waals surface area (Å²) in [6.45, 7) is 2.00. The van der Waals surface area contributed by atoms with Gasteiger partial charge >= 0.3 is 0 Å². The van der Waals surface area contributed by atoms with Crippen molar-refractivity contribution in [2.45, 2.75) is 50.2 Å². The molecule has 5 N–H and O–H groups in total. The van der Waals surface area contributed by atoms with Crippen molar-refractivity contribution in [3.8, 4) is 11.3 Å². The van der Waals surface area contributed by atoms with Crippen LogP contribution < -0.4 is 26.5 Å². The van der Waals surface area contributed by atoms with E-state index in [4.69, 9.17) is 4.98 Å². The number of imidazole rings is 1. The molecule has 0 spiro atoms. The lowest BCUT2D eigenvalue weighted by Crippen LogP contribution is -2.46. The van der Waals surface area contributed by atoms with Gasteiger partial charge in [-0.1, -0.05) is 18.2 Å². The van der Waals surface area contributed by atoms with Crippen molar-refractivity contribution in [3.63, 3.8) is 0 Å². The number of H-pyrrole nitrogens is 2. The fourth-order valence-electron chi connectivity index (χ4n) is 5.05. The Morgan fingerprint density at radius 2 is 1.97 bits per heavy atom. The van der Waals surface area contributed by atoms with Gasteiger partial charge in [0.1, 0.15) is 5.82 Å². The summed E-state index contributed by atoms with van der Waals surface area (Å²) in [4.78, 5) is 24.3. The van der Waals surface area contributed by atoms with Gasteiger partial charge in [-0.05, 0) is 68.6 Å². The van der Waals surface area contributed by atoms with E-state index in [-0.39, 0.29) is 18.0 Å². The zero-order valence-corrected chi connectivity index (χ0v) is 17.5. The lowest BCUT2D eigenvalue weighted by Gasteiger charge is -2.18. The molecule has 7 nitrogen and oxygen atoms in total. The summed E-state index contributed by atoms with van der Waals surface area (Å²) in [5.74, 6) is 1.15. The molecule has 3 aromatic rings. The highest BCUT2D eigenvalue weighted by molar-refractivity contribution is 5.83. The number of rotatable bonds is 4. The van der Waals surface area contributed by atoms with Gasteiger partial charge in [0.05, 0.1) is 29.2 Å². The Morgan fingerprint density at radius 3 is 2.81 bits per heavy atom. The first-order valence-corrected chi connectivity index (χ1v) is 11.4. The van der Waals surface area contributed by atoms with Crippen molar-refractivity contribution in [2.24, 2.45) is 0 Å². The SMILES string of the molecule is O=C(NC1C=c2cc(-c3ccc4nc(C5CCCN5)[nH]c4c3)[nH]c2=CC1)C1CCCN1. The van der Waals surface area contributed by atoms with E-state index < -0.39 is 0 Å². The number of benzene rings is 1. The van der Waals surface area contributed by atoms with Gasteiger partial charge in [0.25, 0.3) is 0 Å². The minimum atomic E-state index is -0.0398. The van der Waals surface area contributed by atoms with E-state index in [0.717, 1.165) is 77.5 Å². The summed E-state index contributed by atoms with van der Waals surface area (Å²) in [7, 11) is 0. The Balaban J connectivity index is 1.25.